The third kappa shape index (κ3) is 3.24. The number of aromatic nitrogens is 1. The van der Waals surface area contributed by atoms with Gasteiger partial charge in [0, 0.05) is 18.9 Å². The van der Waals surface area contributed by atoms with Crippen LogP contribution in [-0.4, -0.2) is 24.0 Å². The van der Waals surface area contributed by atoms with Crippen molar-refractivity contribution in [3.63, 3.8) is 0 Å². The predicted octanol–water partition coefficient (Wildman–Crippen LogP) is 2.51. The van der Waals surface area contributed by atoms with Crippen molar-refractivity contribution < 1.29 is 9.53 Å². The van der Waals surface area contributed by atoms with E-state index in [2.05, 4.69) is 4.98 Å². The number of fused-ring (bicyclic) bond motifs is 1. The zero-order valence-corrected chi connectivity index (χ0v) is 13.0. The molecular weight excluding hydrogens is 290 g/mol. The highest BCUT2D eigenvalue weighted by Gasteiger charge is 2.29. The van der Waals surface area contributed by atoms with Crippen molar-refractivity contribution in [3.05, 3.63) is 59.6 Å². The van der Waals surface area contributed by atoms with E-state index in [-0.39, 0.29) is 5.91 Å². The van der Waals surface area contributed by atoms with E-state index in [9.17, 15) is 4.79 Å². The van der Waals surface area contributed by atoms with Gasteiger partial charge in [0.05, 0.1) is 5.69 Å². The van der Waals surface area contributed by atoms with Gasteiger partial charge >= 0.3 is 0 Å². The molecule has 1 amide bonds. The highest BCUT2D eigenvalue weighted by molar-refractivity contribution is 6.09. The lowest BCUT2D eigenvalue weighted by Crippen LogP contribution is -2.38. The zero-order chi connectivity index (χ0) is 16.2. The van der Waals surface area contributed by atoms with Gasteiger partial charge in [0.1, 0.15) is 0 Å². The molecule has 0 spiro atoms. The SMILES string of the molecule is Cc1ccc2c(c1)N(CCCN)C(=O)/C(=C\c1ccncc1)O2. The molecule has 0 bridgehead atoms. The molecule has 1 aliphatic rings. The lowest BCUT2D eigenvalue weighted by molar-refractivity contribution is -0.117. The molecule has 0 fully saturated rings. The number of anilines is 1. The van der Waals surface area contributed by atoms with Crippen molar-refractivity contribution in [3.8, 4) is 5.75 Å². The minimum atomic E-state index is -0.145. The molecule has 2 N–H and O–H groups in total. The van der Waals surface area contributed by atoms with Crippen LogP contribution in [0.15, 0.2) is 48.5 Å². The van der Waals surface area contributed by atoms with Gasteiger partial charge in [-0.25, -0.2) is 0 Å². The molecule has 1 aliphatic heterocycles. The summed E-state index contributed by atoms with van der Waals surface area (Å²) in [5.74, 6) is 0.852. The van der Waals surface area contributed by atoms with Gasteiger partial charge < -0.3 is 15.4 Å². The molecule has 0 atom stereocenters. The second-order valence-electron chi connectivity index (χ2n) is 5.46. The maximum Gasteiger partial charge on any atom is 0.294 e. The number of rotatable bonds is 4. The fourth-order valence-corrected chi connectivity index (χ4v) is 2.50. The summed E-state index contributed by atoms with van der Waals surface area (Å²) >= 11 is 0. The number of nitrogens with zero attached hydrogens (tertiary/aromatic N) is 2. The number of hydrogen-bond donors (Lipinski definition) is 1. The average molecular weight is 309 g/mol. The first-order valence-corrected chi connectivity index (χ1v) is 7.61. The first-order chi connectivity index (χ1) is 11.2. The molecule has 118 valence electrons. The van der Waals surface area contributed by atoms with Crippen molar-refractivity contribution in [2.45, 2.75) is 13.3 Å². The van der Waals surface area contributed by atoms with E-state index < -0.39 is 0 Å². The van der Waals surface area contributed by atoms with Crippen LogP contribution in [0, 0.1) is 6.92 Å². The van der Waals surface area contributed by atoms with Gasteiger partial charge in [-0.3, -0.25) is 9.78 Å². The van der Waals surface area contributed by atoms with Crippen LogP contribution >= 0.6 is 0 Å². The Morgan fingerprint density at radius 1 is 1.26 bits per heavy atom. The second kappa shape index (κ2) is 6.62. The molecule has 2 heterocycles. The van der Waals surface area contributed by atoms with E-state index in [0.29, 0.717) is 24.6 Å². The third-order valence-electron chi connectivity index (χ3n) is 3.67. The van der Waals surface area contributed by atoms with Crippen LogP contribution in [0.1, 0.15) is 17.5 Å². The molecule has 5 heteroatoms. The molecule has 0 aliphatic carbocycles. The molecule has 0 saturated heterocycles. The van der Waals surface area contributed by atoms with Crippen molar-refractivity contribution in [2.24, 2.45) is 5.73 Å². The van der Waals surface area contributed by atoms with E-state index >= 15 is 0 Å². The van der Waals surface area contributed by atoms with Gasteiger partial charge in [-0.15, -0.1) is 0 Å². The summed E-state index contributed by atoms with van der Waals surface area (Å²) in [6.45, 7) is 3.10. The van der Waals surface area contributed by atoms with Crippen molar-refractivity contribution in [2.75, 3.05) is 18.0 Å². The first-order valence-electron chi connectivity index (χ1n) is 7.61. The standard InChI is InChI=1S/C18H19N3O2/c1-13-3-4-16-15(11-13)21(10-2-7-19)18(22)17(23-16)12-14-5-8-20-9-6-14/h3-6,8-9,11-12H,2,7,10,19H2,1H3/b17-12+. The lowest BCUT2D eigenvalue weighted by atomic mass is 10.1. The molecule has 5 nitrogen and oxygen atoms in total. The van der Waals surface area contributed by atoms with E-state index in [0.717, 1.165) is 23.2 Å². The van der Waals surface area contributed by atoms with Crippen LogP contribution in [-0.2, 0) is 4.79 Å². The molecule has 23 heavy (non-hydrogen) atoms. The van der Waals surface area contributed by atoms with Crippen molar-refractivity contribution >= 4 is 17.7 Å². The average Bonchev–Trinajstić information content (AvgIpc) is 2.56. The zero-order valence-electron chi connectivity index (χ0n) is 13.0. The summed E-state index contributed by atoms with van der Waals surface area (Å²) in [5, 5.41) is 0. The number of ether oxygens (including phenoxy) is 1. The van der Waals surface area contributed by atoms with E-state index in [1.807, 2.05) is 37.3 Å². The van der Waals surface area contributed by atoms with Gasteiger partial charge in [0.2, 0.25) is 0 Å². The second-order valence-corrected chi connectivity index (χ2v) is 5.46. The summed E-state index contributed by atoms with van der Waals surface area (Å²) in [5.41, 5.74) is 8.37. The first kappa shape index (κ1) is 15.2. The van der Waals surface area contributed by atoms with Crippen LogP contribution in [0.25, 0.3) is 6.08 Å². The molecule has 2 aromatic rings. The van der Waals surface area contributed by atoms with Crippen molar-refractivity contribution in [1.29, 1.82) is 0 Å². The predicted molar refractivity (Wildman–Crippen MR) is 90.0 cm³/mol. The monoisotopic (exact) mass is 309 g/mol. The number of aryl methyl sites for hydroxylation is 1. The summed E-state index contributed by atoms with van der Waals surface area (Å²) < 4.78 is 5.83. The highest BCUT2D eigenvalue weighted by atomic mass is 16.5. The fourth-order valence-electron chi connectivity index (χ4n) is 2.50. The summed E-state index contributed by atoms with van der Waals surface area (Å²) in [4.78, 5) is 18.5. The third-order valence-corrected chi connectivity index (χ3v) is 3.67. The number of benzene rings is 1. The Labute approximate surface area is 135 Å². The van der Waals surface area contributed by atoms with Crippen molar-refractivity contribution in [1.82, 2.24) is 4.98 Å². The van der Waals surface area contributed by atoms with Crippen LogP contribution in [0.4, 0.5) is 5.69 Å². The molecule has 1 aromatic carbocycles. The van der Waals surface area contributed by atoms with Crippen LogP contribution in [0.3, 0.4) is 0 Å². The maximum atomic E-state index is 12.8. The Morgan fingerprint density at radius 3 is 2.78 bits per heavy atom. The van der Waals surface area contributed by atoms with Crippen LogP contribution in [0.2, 0.25) is 0 Å². The Kier molecular flexibility index (Phi) is 4.39. The normalized spacial score (nSPS) is 15.5. The minimum Gasteiger partial charge on any atom is -0.449 e. The molecule has 0 radical (unpaired) electrons. The Balaban J connectivity index is 2.00. The van der Waals surface area contributed by atoms with E-state index in [4.69, 9.17) is 10.5 Å². The number of hydrogen-bond acceptors (Lipinski definition) is 4. The van der Waals surface area contributed by atoms with E-state index in [1.165, 1.54) is 0 Å². The van der Waals surface area contributed by atoms with Crippen LogP contribution in [0.5, 0.6) is 5.75 Å². The van der Waals surface area contributed by atoms with Gasteiger partial charge in [-0.2, -0.15) is 0 Å². The summed E-state index contributed by atoms with van der Waals surface area (Å²) in [6, 6.07) is 9.50. The Morgan fingerprint density at radius 2 is 2.04 bits per heavy atom. The summed E-state index contributed by atoms with van der Waals surface area (Å²) in [7, 11) is 0. The Bertz CT molecular complexity index is 741. The maximum absolute atomic E-state index is 12.8. The number of amides is 1. The quantitative estimate of drug-likeness (QED) is 0.881. The Hall–Kier alpha value is -2.66. The highest BCUT2D eigenvalue weighted by Crippen LogP contribution is 2.36. The summed E-state index contributed by atoms with van der Waals surface area (Å²) in [6.07, 6.45) is 5.84. The molecule has 3 rings (SSSR count). The number of carbonyl (C=O) groups is 1. The van der Waals surface area contributed by atoms with Gasteiger partial charge in [-0.05, 0) is 61.4 Å². The number of nitrogens with two attached hydrogens (primary N) is 1. The molecular formula is C18H19N3O2. The molecule has 0 unspecified atom stereocenters. The molecule has 1 aromatic heterocycles. The molecule has 0 saturated carbocycles. The van der Waals surface area contributed by atoms with Gasteiger partial charge in [0.15, 0.2) is 11.5 Å². The van der Waals surface area contributed by atoms with Gasteiger partial charge in [0.25, 0.3) is 5.91 Å². The van der Waals surface area contributed by atoms with Crippen LogP contribution < -0.4 is 15.4 Å². The fraction of sp³-hybridized carbons (Fsp3) is 0.222. The van der Waals surface area contributed by atoms with E-state index in [1.54, 1.807) is 23.4 Å². The largest absolute Gasteiger partial charge is 0.449 e. The topological polar surface area (TPSA) is 68.5 Å². The lowest BCUT2D eigenvalue weighted by Gasteiger charge is -2.30. The van der Waals surface area contributed by atoms with Gasteiger partial charge in [-0.1, -0.05) is 6.07 Å². The smallest absolute Gasteiger partial charge is 0.294 e. The number of pyridine rings is 1. The minimum absolute atomic E-state index is 0.145. The number of carbonyl (C=O) groups excluding carboxylic acids is 1.